The Hall–Kier alpha value is -5.38. The van der Waals surface area contributed by atoms with Crippen molar-refractivity contribution in [3.05, 3.63) is 114 Å². The Morgan fingerprint density at radius 1 is 0.529 bits per heavy atom. The van der Waals surface area contributed by atoms with Gasteiger partial charge in [0, 0.05) is 18.6 Å². The van der Waals surface area contributed by atoms with Crippen LogP contribution in [0.3, 0.4) is 0 Å². The van der Waals surface area contributed by atoms with E-state index in [1.54, 1.807) is 60.7 Å². The smallest absolute Gasteiger partial charge is 0.343 e. The summed E-state index contributed by atoms with van der Waals surface area (Å²) in [7, 11) is 0. The highest BCUT2D eigenvalue weighted by Gasteiger charge is 2.12. The van der Waals surface area contributed by atoms with Crippen molar-refractivity contribution in [2.24, 2.45) is 0 Å². The molecule has 3 aromatic rings. The number of hydrogen-bond donors (Lipinski definition) is 0. The lowest BCUT2D eigenvalue weighted by atomic mass is 10.1. The number of unbranched alkanes of at least 4 members (excludes halogenated alkanes) is 6. The Bertz CT molecular complexity index is 1560. The molecule has 51 heavy (non-hydrogen) atoms. The first-order valence-electron chi connectivity index (χ1n) is 17.3. The van der Waals surface area contributed by atoms with Crippen molar-refractivity contribution < 1.29 is 47.6 Å². The van der Waals surface area contributed by atoms with Gasteiger partial charge in [-0.1, -0.05) is 19.2 Å². The first-order chi connectivity index (χ1) is 24.8. The quantitative estimate of drug-likeness (QED) is 0.0299. The summed E-state index contributed by atoms with van der Waals surface area (Å²) in [5.74, 6) is 0.0719. The monoisotopic (exact) mass is 700 g/mol. The molecule has 0 aliphatic heterocycles. The molecule has 3 rings (SSSR count). The van der Waals surface area contributed by atoms with Crippen LogP contribution in [0.1, 0.15) is 83.2 Å². The Balaban J connectivity index is 1.30. The van der Waals surface area contributed by atoms with Gasteiger partial charge in [-0.15, -0.1) is 0 Å². The fraction of sp³-hybridized carbons (Fsp3) is 0.366. The normalized spacial score (nSPS) is 10.5. The second-order valence-corrected chi connectivity index (χ2v) is 11.7. The van der Waals surface area contributed by atoms with Gasteiger partial charge in [0.2, 0.25) is 0 Å². The average molecular weight is 701 g/mol. The van der Waals surface area contributed by atoms with Gasteiger partial charge in [0.1, 0.15) is 17.2 Å². The van der Waals surface area contributed by atoms with Crippen LogP contribution in [-0.2, 0) is 30.2 Å². The first-order valence-corrected chi connectivity index (χ1v) is 17.3. The lowest BCUT2D eigenvalue weighted by molar-refractivity contribution is -0.138. The van der Waals surface area contributed by atoms with Crippen LogP contribution in [-0.4, -0.2) is 56.9 Å². The molecule has 10 heteroatoms. The molecule has 0 aliphatic rings. The van der Waals surface area contributed by atoms with E-state index in [0.29, 0.717) is 61.2 Å². The van der Waals surface area contributed by atoms with Crippen LogP contribution in [0.15, 0.2) is 92.0 Å². The molecule has 0 spiro atoms. The predicted octanol–water partition coefficient (Wildman–Crippen LogP) is 7.95. The first kappa shape index (κ1) is 40.1. The van der Waals surface area contributed by atoms with Gasteiger partial charge < -0.3 is 28.4 Å². The second-order valence-electron chi connectivity index (χ2n) is 11.7. The average Bonchev–Trinajstić information content (AvgIpc) is 3.14. The molecule has 0 radical (unpaired) electrons. The van der Waals surface area contributed by atoms with Crippen LogP contribution in [0.25, 0.3) is 0 Å². The molecule has 10 nitrogen and oxygen atoms in total. The molecule has 0 fully saturated rings. The molecule has 0 atom stereocenters. The van der Waals surface area contributed by atoms with Crippen LogP contribution in [0, 0.1) is 6.92 Å². The van der Waals surface area contributed by atoms with Gasteiger partial charge in [-0.3, -0.25) is 0 Å². The van der Waals surface area contributed by atoms with E-state index in [2.05, 4.69) is 13.2 Å². The molecule has 0 bridgehead atoms. The van der Waals surface area contributed by atoms with Crippen molar-refractivity contribution in [2.45, 2.75) is 64.7 Å². The summed E-state index contributed by atoms with van der Waals surface area (Å²) in [5, 5.41) is 0. The Kier molecular flexibility index (Phi) is 18.1. The highest BCUT2D eigenvalue weighted by Crippen LogP contribution is 2.21. The van der Waals surface area contributed by atoms with Gasteiger partial charge in [0.05, 0.1) is 44.2 Å². The molecule has 272 valence electrons. The topological polar surface area (TPSA) is 124 Å². The van der Waals surface area contributed by atoms with Crippen LogP contribution >= 0.6 is 0 Å². The molecule has 0 aliphatic carbocycles. The third-order valence-corrected chi connectivity index (χ3v) is 7.75. The summed E-state index contributed by atoms with van der Waals surface area (Å²) in [6, 6.07) is 19.0. The SMILES string of the molecule is C=CC(=O)OCCCCCCOc1ccc(C(=O)OCCc2ccc(OC(=O)c3ccc(OCCCCCCOC(=O)C=C)cc3)cc2C)cc1. The maximum atomic E-state index is 12.7. The zero-order valence-corrected chi connectivity index (χ0v) is 29.4. The van der Waals surface area contributed by atoms with E-state index >= 15 is 0 Å². The van der Waals surface area contributed by atoms with Crippen molar-refractivity contribution in [3.63, 3.8) is 0 Å². The van der Waals surface area contributed by atoms with Gasteiger partial charge in [-0.2, -0.15) is 0 Å². The van der Waals surface area contributed by atoms with Gasteiger partial charge >= 0.3 is 23.9 Å². The maximum absolute atomic E-state index is 12.7. The van der Waals surface area contributed by atoms with Crippen molar-refractivity contribution in [1.29, 1.82) is 0 Å². The Labute approximate surface area is 300 Å². The summed E-state index contributed by atoms with van der Waals surface area (Å²) < 4.78 is 32.5. The number of aryl methyl sites for hydroxylation is 1. The van der Waals surface area contributed by atoms with E-state index in [1.165, 1.54) is 0 Å². The molecule has 0 unspecified atom stereocenters. The standard InChI is InChI=1S/C41H48O10/c1-4-38(42)48-27-12-8-6-10-25-46-35-19-15-33(16-20-35)40(44)50-29-24-32-14-23-37(30-31(32)3)51-41(45)34-17-21-36(22-18-34)47-26-11-7-9-13-28-49-39(43)5-2/h4-5,14-23,30H,1-2,6-13,24-29H2,3H3. The number of carbonyl (C=O) groups is 4. The van der Waals surface area contributed by atoms with Crippen LogP contribution < -0.4 is 14.2 Å². The zero-order valence-electron chi connectivity index (χ0n) is 29.4. The lowest BCUT2D eigenvalue weighted by Crippen LogP contribution is -2.10. The van der Waals surface area contributed by atoms with E-state index in [1.807, 2.05) is 13.0 Å². The third kappa shape index (κ3) is 15.8. The highest BCUT2D eigenvalue weighted by atomic mass is 16.5. The van der Waals surface area contributed by atoms with Gasteiger partial charge in [-0.25, -0.2) is 19.2 Å². The maximum Gasteiger partial charge on any atom is 0.343 e. The summed E-state index contributed by atoms with van der Waals surface area (Å²) in [6.45, 7) is 10.7. The lowest BCUT2D eigenvalue weighted by Gasteiger charge is -2.11. The summed E-state index contributed by atoms with van der Waals surface area (Å²) in [6.07, 6.45) is 9.94. The van der Waals surface area contributed by atoms with E-state index in [9.17, 15) is 19.2 Å². The van der Waals surface area contributed by atoms with E-state index in [4.69, 9.17) is 28.4 Å². The third-order valence-electron chi connectivity index (χ3n) is 7.75. The number of hydrogen-bond acceptors (Lipinski definition) is 10. The minimum absolute atomic E-state index is 0.200. The summed E-state index contributed by atoms with van der Waals surface area (Å²) >= 11 is 0. The van der Waals surface area contributed by atoms with Crippen LogP contribution in [0.5, 0.6) is 17.2 Å². The van der Waals surface area contributed by atoms with Crippen molar-refractivity contribution in [1.82, 2.24) is 0 Å². The zero-order chi connectivity index (χ0) is 36.7. The number of esters is 4. The Morgan fingerprint density at radius 2 is 0.980 bits per heavy atom. The number of benzene rings is 3. The highest BCUT2D eigenvalue weighted by molar-refractivity contribution is 5.91. The molecule has 0 aromatic heterocycles. The largest absolute Gasteiger partial charge is 0.494 e. The molecule has 0 amide bonds. The molecule has 0 heterocycles. The number of carbonyl (C=O) groups excluding carboxylic acids is 4. The molecule has 0 saturated carbocycles. The van der Waals surface area contributed by atoms with Crippen molar-refractivity contribution in [3.8, 4) is 17.2 Å². The fourth-order valence-electron chi connectivity index (χ4n) is 4.85. The van der Waals surface area contributed by atoms with Crippen LogP contribution in [0.2, 0.25) is 0 Å². The molecular formula is C41H48O10. The summed E-state index contributed by atoms with van der Waals surface area (Å²) in [4.78, 5) is 47.3. The van der Waals surface area contributed by atoms with Gasteiger partial charge in [-0.05, 0) is 130 Å². The molecular weight excluding hydrogens is 652 g/mol. The number of ether oxygens (including phenoxy) is 6. The fourth-order valence-corrected chi connectivity index (χ4v) is 4.85. The minimum Gasteiger partial charge on any atom is -0.494 e. The molecule has 3 aromatic carbocycles. The minimum atomic E-state index is -0.475. The van der Waals surface area contributed by atoms with E-state index < -0.39 is 23.9 Å². The van der Waals surface area contributed by atoms with Crippen molar-refractivity contribution >= 4 is 23.9 Å². The summed E-state index contributed by atoms with van der Waals surface area (Å²) in [5.41, 5.74) is 2.73. The van der Waals surface area contributed by atoms with Crippen LogP contribution in [0.4, 0.5) is 0 Å². The second kappa shape index (κ2) is 23.1. The molecule has 0 N–H and O–H groups in total. The van der Waals surface area contributed by atoms with E-state index in [-0.39, 0.29) is 6.61 Å². The number of rotatable bonds is 24. The molecule has 0 saturated heterocycles. The van der Waals surface area contributed by atoms with Gasteiger partial charge in [0.25, 0.3) is 0 Å². The van der Waals surface area contributed by atoms with Gasteiger partial charge in [0.15, 0.2) is 0 Å². The predicted molar refractivity (Wildman–Crippen MR) is 193 cm³/mol. The van der Waals surface area contributed by atoms with Crippen molar-refractivity contribution in [2.75, 3.05) is 33.0 Å². The van der Waals surface area contributed by atoms with E-state index in [0.717, 1.165) is 74.6 Å². The Morgan fingerprint density at radius 3 is 1.45 bits per heavy atom.